The van der Waals surface area contributed by atoms with Gasteiger partial charge in [0.25, 0.3) is 0 Å². The molecule has 8 nitrogen and oxygen atoms in total. The smallest absolute Gasteiger partial charge is 0.0918 e. The molecule has 2 heterocycles. The molecule has 0 aliphatic rings. The Balaban J connectivity index is 0.000000170. The fourth-order valence-corrected chi connectivity index (χ4v) is 13.8. The van der Waals surface area contributed by atoms with E-state index < -0.39 is 0 Å². The Bertz CT molecular complexity index is 5030. The molecule has 0 atom stereocenters. The van der Waals surface area contributed by atoms with Crippen molar-refractivity contribution in [1.82, 2.24) is 9.97 Å². The van der Waals surface area contributed by atoms with Crippen molar-refractivity contribution >= 4 is 136 Å². The maximum atomic E-state index is 7.56. The Labute approximate surface area is 664 Å². The zero-order chi connectivity index (χ0) is 76.9. The Morgan fingerprint density at radius 3 is 0.780 bits per heavy atom. The number of anilines is 17. The lowest BCUT2D eigenvalue weighted by atomic mass is 9.86. The van der Waals surface area contributed by atoms with E-state index in [1.165, 1.54) is 22.3 Å². The lowest BCUT2D eigenvalue weighted by Crippen LogP contribution is -2.16. The van der Waals surface area contributed by atoms with Gasteiger partial charge in [-0.3, -0.25) is 9.97 Å². The van der Waals surface area contributed by atoms with Crippen LogP contribution < -0.4 is 29.8 Å². The first-order valence-corrected chi connectivity index (χ1v) is 38.5. The molecule has 12 aromatic carbocycles. The second-order valence-corrected chi connectivity index (χ2v) is 32.7. The summed E-state index contributed by atoms with van der Waals surface area (Å²) < 4.78 is 0.776. The van der Waals surface area contributed by atoms with E-state index in [1.54, 1.807) is 12.4 Å². The fraction of sp³-hybridized carbons (Fsp3) is 0.163. The number of pyridine rings is 2. The van der Waals surface area contributed by atoms with Gasteiger partial charge in [-0.1, -0.05) is 276 Å². The molecule has 0 bridgehead atoms. The molecule has 1 N–H and O–H groups in total. The third kappa shape index (κ3) is 19.2. The molecule has 0 saturated heterocycles. The van der Waals surface area contributed by atoms with Gasteiger partial charge < -0.3 is 29.8 Å². The predicted molar refractivity (Wildman–Crippen MR) is 471 cm³/mol. The largest absolute Gasteiger partial charge is 0.355 e. The van der Waals surface area contributed by atoms with Crippen LogP contribution in [-0.2, 0) is 21.7 Å². The molecule has 2 aromatic heterocycles. The first-order chi connectivity index (χ1) is 52.4. The maximum absolute atomic E-state index is 7.56. The number of aromatic nitrogens is 2. The van der Waals surface area contributed by atoms with Gasteiger partial charge in [-0.15, -0.1) is 0 Å². The van der Waals surface area contributed by atoms with E-state index in [4.69, 9.17) is 28.2 Å². The number of hydrogen-bond acceptors (Lipinski definition) is 8. The molecular formula is C98H95BrCl2N8. The van der Waals surface area contributed by atoms with Crippen molar-refractivity contribution < 1.29 is 0 Å². The van der Waals surface area contributed by atoms with Crippen LogP contribution in [0.25, 0.3) is 0 Å². The normalized spacial score (nSPS) is 11.4. The van der Waals surface area contributed by atoms with Crippen LogP contribution in [0.4, 0.5) is 96.7 Å². The minimum absolute atomic E-state index is 0.0479. The standard InChI is InChI=1S/C49H47ClN4.C32H36N2.C17H12BrClN2/c1-48(2,3)36-25-29-41(30-26-36)52(42-31-27-37(28-32-42)49(4,5)6)43-23-16-24-44(33-43)54(40-21-14-9-15-22-40)46-35-51-34-45(47(46)50)53(38-17-10-7-11-18-38)39-19-12-8-13-20-39;1-31(2,3)24-15-19-28(20-16-24)34(29-21-17-25(18-22-29)32(4,5)6)30-14-10-13-27(23-30)33-26-11-8-7-9-12-26;18-15-11-20-12-16(17(15)19)21(13-7-3-1-4-8-13)14-9-5-2-6-10-14/h7-35H,1-6H3;7-23,33H,1-6H3;1-12H. The summed E-state index contributed by atoms with van der Waals surface area (Å²) in [6, 6.07) is 114. The van der Waals surface area contributed by atoms with Crippen LogP contribution >= 0.6 is 39.1 Å². The monoisotopic (exact) mass is 1530 g/mol. The highest BCUT2D eigenvalue weighted by atomic mass is 79.9. The van der Waals surface area contributed by atoms with E-state index in [-0.39, 0.29) is 21.7 Å². The van der Waals surface area contributed by atoms with E-state index in [2.05, 4.69) is 340 Å². The predicted octanol–water partition coefficient (Wildman–Crippen LogP) is 30.2. The van der Waals surface area contributed by atoms with Crippen molar-refractivity contribution in [3.63, 3.8) is 0 Å². The van der Waals surface area contributed by atoms with Gasteiger partial charge in [0.2, 0.25) is 0 Å². The Morgan fingerprint density at radius 2 is 0.468 bits per heavy atom. The van der Waals surface area contributed by atoms with Crippen molar-refractivity contribution in [3.8, 4) is 0 Å². The molecule has 548 valence electrons. The van der Waals surface area contributed by atoms with E-state index in [9.17, 15) is 0 Å². The summed E-state index contributed by atoms with van der Waals surface area (Å²) in [6.07, 6.45) is 7.16. The summed E-state index contributed by atoms with van der Waals surface area (Å²) in [5.41, 5.74) is 22.7. The molecule has 0 radical (unpaired) electrons. The lowest BCUT2D eigenvalue weighted by Gasteiger charge is -2.32. The van der Waals surface area contributed by atoms with Gasteiger partial charge in [0.15, 0.2) is 0 Å². The van der Waals surface area contributed by atoms with E-state index in [0.717, 1.165) is 101 Å². The first kappa shape index (κ1) is 77.4. The van der Waals surface area contributed by atoms with Gasteiger partial charge in [0, 0.05) is 85.8 Å². The highest BCUT2D eigenvalue weighted by Gasteiger charge is 2.27. The fourth-order valence-electron chi connectivity index (χ4n) is 13.0. The van der Waals surface area contributed by atoms with Gasteiger partial charge in [0.05, 0.1) is 50.2 Å². The molecule has 0 amide bonds. The molecule has 0 aliphatic heterocycles. The van der Waals surface area contributed by atoms with Gasteiger partial charge >= 0.3 is 0 Å². The lowest BCUT2D eigenvalue weighted by molar-refractivity contribution is 0.590. The molecular weight excluding hydrogens is 1440 g/mol. The molecule has 0 aliphatic carbocycles. The van der Waals surface area contributed by atoms with Crippen molar-refractivity contribution in [1.29, 1.82) is 0 Å². The summed E-state index contributed by atoms with van der Waals surface area (Å²) in [6.45, 7) is 27.0. The molecule has 14 rings (SSSR count). The molecule has 109 heavy (non-hydrogen) atoms. The van der Waals surface area contributed by atoms with Gasteiger partial charge in [0.1, 0.15) is 0 Å². The number of hydrogen-bond donors (Lipinski definition) is 1. The summed E-state index contributed by atoms with van der Waals surface area (Å²) >= 11 is 17.5. The van der Waals surface area contributed by atoms with Crippen LogP contribution in [0.3, 0.4) is 0 Å². The Morgan fingerprint density at radius 1 is 0.239 bits per heavy atom. The quantitative estimate of drug-likeness (QED) is 0.0968. The molecule has 0 unspecified atom stereocenters. The maximum Gasteiger partial charge on any atom is 0.0918 e. The van der Waals surface area contributed by atoms with Crippen molar-refractivity contribution in [2.45, 2.75) is 105 Å². The summed E-state index contributed by atoms with van der Waals surface area (Å²) in [4.78, 5) is 20.2. The minimum atomic E-state index is 0.0479. The van der Waals surface area contributed by atoms with Crippen molar-refractivity contribution in [2.75, 3.05) is 29.8 Å². The van der Waals surface area contributed by atoms with E-state index >= 15 is 0 Å². The van der Waals surface area contributed by atoms with Crippen LogP contribution in [0.1, 0.15) is 105 Å². The summed E-state index contributed by atoms with van der Waals surface area (Å²) in [7, 11) is 0. The minimum Gasteiger partial charge on any atom is -0.355 e. The number of benzene rings is 12. The number of halogens is 3. The third-order valence-corrected chi connectivity index (χ3v) is 20.6. The highest BCUT2D eigenvalue weighted by molar-refractivity contribution is 9.10. The number of para-hydroxylation sites is 6. The van der Waals surface area contributed by atoms with Gasteiger partial charge in [-0.05, 0) is 218 Å². The summed E-state index contributed by atoms with van der Waals surface area (Å²) in [5, 5.41) is 4.75. The first-order valence-electron chi connectivity index (χ1n) is 37.0. The zero-order valence-electron chi connectivity index (χ0n) is 64.3. The Kier molecular flexibility index (Phi) is 24.4. The Hall–Kier alpha value is -11.2. The van der Waals surface area contributed by atoms with Crippen molar-refractivity contribution in [3.05, 3.63) is 389 Å². The molecule has 0 spiro atoms. The summed E-state index contributed by atoms with van der Waals surface area (Å²) in [5.74, 6) is 0. The SMILES string of the molecule is CC(C)(C)c1ccc(N(c2ccc(C(C)(C)C)cc2)c2cccc(N(c3ccccc3)c3cncc(N(c4ccccc4)c4ccccc4)c3Cl)c2)cc1.CC(C)(C)c1ccc(N(c2ccc(C(C)(C)C)cc2)c2cccc(Nc3ccccc3)c2)cc1.Clc1c(Br)cncc1N(c1ccccc1)c1ccccc1. The second-order valence-electron chi connectivity index (χ2n) is 31.0. The number of rotatable bonds is 17. The van der Waals surface area contributed by atoms with E-state index in [1.807, 2.05) is 134 Å². The van der Waals surface area contributed by atoms with E-state index in [0.29, 0.717) is 10.0 Å². The van der Waals surface area contributed by atoms with Crippen LogP contribution in [0.2, 0.25) is 10.0 Å². The van der Waals surface area contributed by atoms with Gasteiger partial charge in [-0.2, -0.15) is 0 Å². The van der Waals surface area contributed by atoms with Crippen molar-refractivity contribution in [2.24, 2.45) is 0 Å². The average molecular weight is 1540 g/mol. The van der Waals surface area contributed by atoms with Crippen LogP contribution in [0.15, 0.2) is 357 Å². The van der Waals surface area contributed by atoms with Crippen LogP contribution in [0.5, 0.6) is 0 Å². The third-order valence-electron chi connectivity index (χ3n) is 18.9. The average Bonchev–Trinajstić information content (AvgIpc) is 0.760. The van der Waals surface area contributed by atoms with Gasteiger partial charge in [-0.25, -0.2) is 0 Å². The van der Waals surface area contributed by atoms with Crippen LogP contribution in [-0.4, -0.2) is 9.97 Å². The second kappa shape index (κ2) is 34.4. The topological polar surface area (TPSA) is 54.0 Å². The zero-order valence-corrected chi connectivity index (χ0v) is 67.3. The van der Waals surface area contributed by atoms with Crippen LogP contribution in [0, 0.1) is 0 Å². The molecule has 11 heteroatoms. The highest BCUT2D eigenvalue weighted by Crippen LogP contribution is 2.49. The number of nitrogens with zero attached hydrogens (tertiary/aromatic N) is 7. The molecule has 0 saturated carbocycles. The molecule has 14 aromatic rings. The number of nitrogens with one attached hydrogen (secondary N) is 1. The molecule has 0 fully saturated rings.